The van der Waals surface area contributed by atoms with E-state index in [1.54, 1.807) is 18.2 Å². The number of nitrogens with one attached hydrogen (secondary N) is 1. The number of hydrogen-bond acceptors (Lipinski definition) is 3. The average molecular weight is 348 g/mol. The van der Waals surface area contributed by atoms with Crippen LogP contribution in [0, 0.1) is 0 Å². The first kappa shape index (κ1) is 18.3. The molecular formula is C19H22ClNO3. The van der Waals surface area contributed by atoms with Crippen molar-refractivity contribution in [3.8, 4) is 5.75 Å². The zero-order valence-corrected chi connectivity index (χ0v) is 14.7. The van der Waals surface area contributed by atoms with Gasteiger partial charge in [0.15, 0.2) is 6.61 Å². The highest BCUT2D eigenvalue weighted by atomic mass is 35.5. The summed E-state index contributed by atoms with van der Waals surface area (Å²) in [5, 5.41) is 3.38. The highest BCUT2D eigenvalue weighted by Gasteiger charge is 2.21. The number of rotatable bonds is 8. The standard InChI is InChI=1S/C19H22ClNO3/c1-19(2,14-23-12-15-8-4-3-5-9-15)21-18(22)13-24-17-11-7-6-10-16(17)20/h3-11H,12-14H2,1-2H3,(H,21,22). The summed E-state index contributed by atoms with van der Waals surface area (Å²) >= 11 is 5.99. The lowest BCUT2D eigenvalue weighted by Gasteiger charge is -2.26. The molecule has 0 aromatic heterocycles. The Hall–Kier alpha value is -2.04. The van der Waals surface area contributed by atoms with Crippen LogP contribution in [0.15, 0.2) is 54.6 Å². The fourth-order valence-electron chi connectivity index (χ4n) is 2.15. The number of carbonyl (C=O) groups excluding carboxylic acids is 1. The highest BCUT2D eigenvalue weighted by Crippen LogP contribution is 2.22. The van der Waals surface area contributed by atoms with Gasteiger partial charge in [-0.15, -0.1) is 0 Å². The predicted octanol–water partition coefficient (Wildman–Crippen LogP) is 3.83. The van der Waals surface area contributed by atoms with Crippen LogP contribution >= 0.6 is 11.6 Å². The average Bonchev–Trinajstić information content (AvgIpc) is 2.54. The summed E-state index contributed by atoms with van der Waals surface area (Å²) in [6, 6.07) is 17.0. The monoisotopic (exact) mass is 347 g/mol. The second kappa shape index (κ2) is 8.71. The van der Waals surface area contributed by atoms with E-state index in [1.807, 2.05) is 50.2 Å². The van der Waals surface area contributed by atoms with Crippen molar-refractivity contribution in [2.45, 2.75) is 26.0 Å². The van der Waals surface area contributed by atoms with Gasteiger partial charge in [-0.1, -0.05) is 54.1 Å². The van der Waals surface area contributed by atoms with Gasteiger partial charge in [-0.05, 0) is 31.5 Å². The molecule has 24 heavy (non-hydrogen) atoms. The maximum atomic E-state index is 12.0. The van der Waals surface area contributed by atoms with Crippen LogP contribution in [0.4, 0.5) is 0 Å². The molecule has 1 N–H and O–H groups in total. The molecule has 2 aromatic carbocycles. The summed E-state index contributed by atoms with van der Waals surface area (Å²) in [7, 11) is 0. The fourth-order valence-corrected chi connectivity index (χ4v) is 2.34. The molecule has 0 aliphatic heterocycles. The first-order valence-electron chi connectivity index (χ1n) is 7.76. The third-order valence-electron chi connectivity index (χ3n) is 3.25. The van der Waals surface area contributed by atoms with Gasteiger partial charge in [0.05, 0.1) is 23.8 Å². The number of amides is 1. The molecule has 0 spiro atoms. The minimum atomic E-state index is -0.490. The molecular weight excluding hydrogens is 326 g/mol. The zero-order chi connectivity index (χ0) is 17.4. The minimum Gasteiger partial charge on any atom is -0.482 e. The summed E-state index contributed by atoms with van der Waals surface area (Å²) in [6.45, 7) is 4.64. The topological polar surface area (TPSA) is 47.6 Å². The molecule has 0 saturated carbocycles. The van der Waals surface area contributed by atoms with Crippen molar-refractivity contribution in [2.24, 2.45) is 0 Å². The van der Waals surface area contributed by atoms with E-state index in [0.717, 1.165) is 5.56 Å². The van der Waals surface area contributed by atoms with E-state index in [0.29, 0.717) is 24.0 Å². The number of carbonyl (C=O) groups is 1. The largest absolute Gasteiger partial charge is 0.482 e. The first-order valence-corrected chi connectivity index (χ1v) is 8.14. The van der Waals surface area contributed by atoms with E-state index >= 15 is 0 Å². The molecule has 0 aliphatic carbocycles. The minimum absolute atomic E-state index is 0.0914. The van der Waals surface area contributed by atoms with Crippen molar-refractivity contribution in [1.29, 1.82) is 0 Å². The summed E-state index contributed by atoms with van der Waals surface area (Å²) in [6.07, 6.45) is 0. The Balaban J connectivity index is 1.74. The molecule has 4 nitrogen and oxygen atoms in total. The summed E-state index contributed by atoms with van der Waals surface area (Å²) in [4.78, 5) is 12.0. The quantitative estimate of drug-likeness (QED) is 0.789. The van der Waals surface area contributed by atoms with Crippen molar-refractivity contribution < 1.29 is 14.3 Å². The normalized spacial score (nSPS) is 11.1. The van der Waals surface area contributed by atoms with E-state index in [9.17, 15) is 4.79 Å². The molecule has 0 unspecified atom stereocenters. The van der Waals surface area contributed by atoms with Gasteiger partial charge < -0.3 is 14.8 Å². The van der Waals surface area contributed by atoms with Crippen LogP contribution in [0.2, 0.25) is 5.02 Å². The molecule has 2 aromatic rings. The Kier molecular flexibility index (Phi) is 6.64. The van der Waals surface area contributed by atoms with E-state index in [2.05, 4.69) is 5.32 Å². The number of hydrogen-bond donors (Lipinski definition) is 1. The third kappa shape index (κ3) is 6.22. The maximum absolute atomic E-state index is 12.0. The molecule has 0 saturated heterocycles. The number of para-hydroxylation sites is 1. The number of benzene rings is 2. The van der Waals surface area contributed by atoms with Gasteiger partial charge in [0.2, 0.25) is 0 Å². The van der Waals surface area contributed by atoms with E-state index in [-0.39, 0.29) is 12.5 Å². The molecule has 128 valence electrons. The van der Waals surface area contributed by atoms with Gasteiger partial charge in [-0.25, -0.2) is 0 Å². The third-order valence-corrected chi connectivity index (χ3v) is 3.56. The number of ether oxygens (including phenoxy) is 2. The summed E-state index contributed by atoms with van der Waals surface area (Å²) < 4.78 is 11.1. The molecule has 1 amide bonds. The van der Waals surface area contributed by atoms with Crippen molar-refractivity contribution in [3.63, 3.8) is 0 Å². The molecule has 0 bridgehead atoms. The fraction of sp³-hybridized carbons (Fsp3) is 0.316. The van der Waals surface area contributed by atoms with Crippen LogP contribution in [0.25, 0.3) is 0 Å². The van der Waals surface area contributed by atoms with Crippen LogP contribution < -0.4 is 10.1 Å². The summed E-state index contributed by atoms with van der Waals surface area (Å²) in [5.41, 5.74) is 0.608. The SMILES string of the molecule is CC(C)(COCc1ccccc1)NC(=O)COc1ccccc1Cl. The van der Waals surface area contributed by atoms with Crippen molar-refractivity contribution in [1.82, 2.24) is 5.32 Å². The Labute approximate surface area is 147 Å². The zero-order valence-electron chi connectivity index (χ0n) is 13.9. The number of halogens is 1. The Morgan fingerprint density at radius 2 is 1.75 bits per heavy atom. The first-order chi connectivity index (χ1) is 11.5. The van der Waals surface area contributed by atoms with Gasteiger partial charge in [-0.3, -0.25) is 4.79 Å². The van der Waals surface area contributed by atoms with Gasteiger partial charge in [-0.2, -0.15) is 0 Å². The summed E-state index contributed by atoms with van der Waals surface area (Å²) in [5.74, 6) is 0.274. The maximum Gasteiger partial charge on any atom is 0.258 e. The lowest BCUT2D eigenvalue weighted by atomic mass is 10.1. The van der Waals surface area contributed by atoms with E-state index in [4.69, 9.17) is 21.1 Å². The molecule has 0 fully saturated rings. The Morgan fingerprint density at radius 3 is 2.46 bits per heavy atom. The molecule has 5 heteroatoms. The van der Waals surface area contributed by atoms with Crippen molar-refractivity contribution in [3.05, 3.63) is 65.2 Å². The Morgan fingerprint density at radius 1 is 1.08 bits per heavy atom. The second-order valence-electron chi connectivity index (χ2n) is 6.13. The van der Waals surface area contributed by atoms with Crippen LogP contribution in [0.3, 0.4) is 0 Å². The van der Waals surface area contributed by atoms with Gasteiger partial charge in [0.1, 0.15) is 5.75 Å². The van der Waals surface area contributed by atoms with Gasteiger partial charge in [0.25, 0.3) is 5.91 Å². The second-order valence-corrected chi connectivity index (χ2v) is 6.54. The molecule has 0 aliphatic rings. The lowest BCUT2D eigenvalue weighted by Crippen LogP contribution is -2.48. The molecule has 0 atom stereocenters. The predicted molar refractivity (Wildman–Crippen MR) is 95.3 cm³/mol. The van der Waals surface area contributed by atoms with Crippen LogP contribution in [-0.2, 0) is 16.1 Å². The van der Waals surface area contributed by atoms with E-state index < -0.39 is 5.54 Å². The van der Waals surface area contributed by atoms with Crippen LogP contribution in [-0.4, -0.2) is 24.7 Å². The lowest BCUT2D eigenvalue weighted by molar-refractivity contribution is -0.125. The molecule has 2 rings (SSSR count). The van der Waals surface area contributed by atoms with Crippen molar-refractivity contribution >= 4 is 17.5 Å². The highest BCUT2D eigenvalue weighted by molar-refractivity contribution is 6.32. The molecule has 0 heterocycles. The van der Waals surface area contributed by atoms with Crippen LogP contribution in [0.1, 0.15) is 19.4 Å². The smallest absolute Gasteiger partial charge is 0.258 e. The molecule has 0 radical (unpaired) electrons. The Bertz CT molecular complexity index is 659. The van der Waals surface area contributed by atoms with Crippen LogP contribution in [0.5, 0.6) is 5.75 Å². The van der Waals surface area contributed by atoms with Gasteiger partial charge in [0, 0.05) is 0 Å². The van der Waals surface area contributed by atoms with E-state index in [1.165, 1.54) is 0 Å². The van der Waals surface area contributed by atoms with Gasteiger partial charge >= 0.3 is 0 Å². The van der Waals surface area contributed by atoms with Crippen molar-refractivity contribution in [2.75, 3.05) is 13.2 Å².